The van der Waals surface area contributed by atoms with Crippen LogP contribution in [0.15, 0.2) is 5.38 Å². The molecule has 1 aromatic rings. The molecule has 0 spiro atoms. The molecule has 0 unspecified atom stereocenters. The molecule has 16 heavy (non-hydrogen) atoms. The number of hydrogen-bond acceptors (Lipinski definition) is 4. The van der Waals surface area contributed by atoms with E-state index in [-0.39, 0.29) is 6.61 Å². The third kappa shape index (κ3) is 2.81. The zero-order valence-corrected chi connectivity index (χ0v) is 10.7. The Balaban J connectivity index is 1.93. The highest BCUT2D eigenvalue weighted by atomic mass is 32.1. The van der Waals surface area contributed by atoms with Gasteiger partial charge in [0.25, 0.3) is 0 Å². The minimum atomic E-state index is 0.251. The largest absolute Gasteiger partial charge is 0.395 e. The lowest BCUT2D eigenvalue weighted by molar-refractivity contribution is 0.0935. The van der Waals surface area contributed by atoms with Gasteiger partial charge in [-0.15, -0.1) is 11.3 Å². The van der Waals surface area contributed by atoms with Crippen LogP contribution in [-0.4, -0.2) is 34.2 Å². The fraction of sp³-hybridized carbons (Fsp3) is 0.750. The first-order valence-corrected chi connectivity index (χ1v) is 6.99. The molecule has 0 aromatic carbocycles. The average Bonchev–Trinajstić information content (AvgIpc) is 2.63. The van der Waals surface area contributed by atoms with Gasteiger partial charge in [0.1, 0.15) is 0 Å². The lowest BCUT2D eigenvalue weighted by atomic mass is 9.91. The molecule has 1 aromatic heterocycles. The average molecular weight is 240 g/mol. The van der Waals surface area contributed by atoms with Gasteiger partial charge in [0.05, 0.1) is 17.3 Å². The van der Waals surface area contributed by atoms with Crippen LogP contribution in [0.4, 0.5) is 0 Å². The number of aryl methyl sites for hydroxylation is 1. The summed E-state index contributed by atoms with van der Waals surface area (Å²) in [6.07, 6.45) is 4.92. The molecule has 0 amide bonds. The van der Waals surface area contributed by atoms with Gasteiger partial charge < -0.3 is 5.11 Å². The molecule has 1 aliphatic rings. The van der Waals surface area contributed by atoms with Gasteiger partial charge in [-0.25, -0.2) is 4.98 Å². The maximum Gasteiger partial charge on any atom is 0.0926 e. The van der Waals surface area contributed by atoms with E-state index in [1.165, 1.54) is 30.0 Å². The monoisotopic (exact) mass is 240 g/mol. The quantitative estimate of drug-likeness (QED) is 0.827. The van der Waals surface area contributed by atoms with Crippen LogP contribution in [0.25, 0.3) is 0 Å². The molecule has 3 nitrogen and oxygen atoms in total. The van der Waals surface area contributed by atoms with Gasteiger partial charge in [0, 0.05) is 24.5 Å². The van der Waals surface area contributed by atoms with Crippen molar-refractivity contribution in [3.63, 3.8) is 0 Å². The first-order chi connectivity index (χ1) is 7.83. The number of rotatable bonds is 6. The van der Waals surface area contributed by atoms with Gasteiger partial charge in [-0.3, -0.25) is 4.90 Å². The van der Waals surface area contributed by atoms with Gasteiger partial charge in [-0.2, -0.15) is 0 Å². The zero-order valence-electron chi connectivity index (χ0n) is 9.85. The van der Waals surface area contributed by atoms with Crippen LogP contribution in [0.5, 0.6) is 0 Å². The Hall–Kier alpha value is -0.450. The molecule has 0 atom stereocenters. The van der Waals surface area contributed by atoms with Crippen molar-refractivity contribution < 1.29 is 5.11 Å². The lowest BCUT2D eigenvalue weighted by Crippen LogP contribution is -2.41. The van der Waals surface area contributed by atoms with Crippen molar-refractivity contribution in [2.45, 2.75) is 45.2 Å². The number of aliphatic hydroxyl groups is 1. The third-order valence-electron chi connectivity index (χ3n) is 3.25. The number of aliphatic hydroxyl groups excluding tert-OH is 1. The van der Waals surface area contributed by atoms with Gasteiger partial charge in [0.15, 0.2) is 0 Å². The predicted molar refractivity (Wildman–Crippen MR) is 66.6 cm³/mol. The first kappa shape index (κ1) is 12.0. The molecule has 1 heterocycles. The van der Waals surface area contributed by atoms with Crippen molar-refractivity contribution in [2.75, 3.05) is 13.2 Å². The summed E-state index contributed by atoms with van der Waals surface area (Å²) >= 11 is 1.75. The van der Waals surface area contributed by atoms with Crippen molar-refractivity contribution >= 4 is 11.3 Å². The van der Waals surface area contributed by atoms with Gasteiger partial charge >= 0.3 is 0 Å². The molecule has 0 bridgehead atoms. The molecular weight excluding hydrogens is 220 g/mol. The van der Waals surface area contributed by atoms with Crippen molar-refractivity contribution in [1.82, 2.24) is 9.88 Å². The molecule has 0 radical (unpaired) electrons. The minimum absolute atomic E-state index is 0.251. The Bertz CT molecular complexity index is 323. The fourth-order valence-corrected chi connectivity index (χ4v) is 2.80. The second-order valence-electron chi connectivity index (χ2n) is 4.36. The second-order valence-corrected chi connectivity index (χ2v) is 5.31. The van der Waals surface area contributed by atoms with Crippen LogP contribution in [-0.2, 0) is 13.0 Å². The molecule has 0 saturated heterocycles. The summed E-state index contributed by atoms with van der Waals surface area (Å²) < 4.78 is 0. The maximum absolute atomic E-state index is 9.08. The molecule has 1 N–H and O–H groups in total. The van der Waals surface area contributed by atoms with E-state index in [2.05, 4.69) is 22.2 Å². The summed E-state index contributed by atoms with van der Waals surface area (Å²) in [5.41, 5.74) is 1.17. The summed E-state index contributed by atoms with van der Waals surface area (Å²) in [4.78, 5) is 6.96. The predicted octanol–water partition coefficient (Wildman–Crippen LogP) is 2.05. The Labute approximate surface area is 101 Å². The molecular formula is C12H20N2OS. The summed E-state index contributed by atoms with van der Waals surface area (Å²) in [6.45, 7) is 4.08. The number of aromatic nitrogens is 1. The molecule has 90 valence electrons. The normalized spacial score (nSPS) is 16.7. The van der Waals surface area contributed by atoms with Crippen LogP contribution >= 0.6 is 11.3 Å². The van der Waals surface area contributed by atoms with E-state index in [0.29, 0.717) is 6.04 Å². The Morgan fingerprint density at radius 1 is 1.56 bits per heavy atom. The summed E-state index contributed by atoms with van der Waals surface area (Å²) in [7, 11) is 0. The van der Waals surface area contributed by atoms with E-state index in [1.54, 1.807) is 11.3 Å². The Kier molecular flexibility index (Phi) is 4.32. The highest BCUT2D eigenvalue weighted by molar-refractivity contribution is 7.09. The zero-order chi connectivity index (χ0) is 11.4. The third-order valence-corrected chi connectivity index (χ3v) is 4.29. The summed E-state index contributed by atoms with van der Waals surface area (Å²) in [5.74, 6) is 0. The molecule has 0 aliphatic heterocycles. The van der Waals surface area contributed by atoms with Gasteiger partial charge in [0.2, 0.25) is 0 Å². The van der Waals surface area contributed by atoms with Crippen molar-refractivity contribution in [2.24, 2.45) is 0 Å². The van der Waals surface area contributed by atoms with E-state index in [0.717, 1.165) is 19.5 Å². The molecule has 1 fully saturated rings. The smallest absolute Gasteiger partial charge is 0.0926 e. The molecule has 1 aliphatic carbocycles. The highest BCUT2D eigenvalue weighted by Crippen LogP contribution is 2.26. The van der Waals surface area contributed by atoms with Crippen LogP contribution in [0.2, 0.25) is 0 Å². The SMILES string of the molecule is CCc1nc(CN(CCO)C2CCC2)cs1. The van der Waals surface area contributed by atoms with E-state index >= 15 is 0 Å². The van der Waals surface area contributed by atoms with E-state index in [1.807, 2.05) is 0 Å². The molecule has 4 heteroatoms. The second kappa shape index (κ2) is 5.75. The fourth-order valence-electron chi connectivity index (χ4n) is 2.06. The van der Waals surface area contributed by atoms with Crippen molar-refractivity contribution in [1.29, 1.82) is 0 Å². The number of nitrogens with zero attached hydrogens (tertiary/aromatic N) is 2. The number of thiazole rings is 1. The van der Waals surface area contributed by atoms with E-state index in [4.69, 9.17) is 5.11 Å². The Morgan fingerprint density at radius 2 is 2.38 bits per heavy atom. The molecule has 2 rings (SSSR count). The number of hydrogen-bond donors (Lipinski definition) is 1. The standard InChI is InChI=1S/C12H20N2OS/c1-2-12-13-10(9-16-12)8-14(6-7-15)11-4-3-5-11/h9,11,15H,2-8H2,1H3. The van der Waals surface area contributed by atoms with E-state index in [9.17, 15) is 0 Å². The maximum atomic E-state index is 9.08. The molecule has 1 saturated carbocycles. The topological polar surface area (TPSA) is 36.4 Å². The Morgan fingerprint density at radius 3 is 2.88 bits per heavy atom. The van der Waals surface area contributed by atoms with Gasteiger partial charge in [-0.05, 0) is 19.3 Å². The van der Waals surface area contributed by atoms with Crippen molar-refractivity contribution in [3.05, 3.63) is 16.1 Å². The van der Waals surface area contributed by atoms with Crippen LogP contribution < -0.4 is 0 Å². The van der Waals surface area contributed by atoms with Crippen LogP contribution in [0.1, 0.15) is 36.9 Å². The minimum Gasteiger partial charge on any atom is -0.395 e. The summed E-state index contributed by atoms with van der Waals surface area (Å²) in [5, 5.41) is 12.4. The lowest BCUT2D eigenvalue weighted by Gasteiger charge is -2.36. The van der Waals surface area contributed by atoms with Crippen LogP contribution in [0, 0.1) is 0 Å². The van der Waals surface area contributed by atoms with Gasteiger partial charge in [-0.1, -0.05) is 13.3 Å². The van der Waals surface area contributed by atoms with E-state index < -0.39 is 0 Å². The summed E-state index contributed by atoms with van der Waals surface area (Å²) in [6, 6.07) is 0.680. The van der Waals surface area contributed by atoms with Crippen LogP contribution in [0.3, 0.4) is 0 Å². The first-order valence-electron chi connectivity index (χ1n) is 6.11. The van der Waals surface area contributed by atoms with Crippen molar-refractivity contribution in [3.8, 4) is 0 Å². The highest BCUT2D eigenvalue weighted by Gasteiger charge is 2.24.